The zero-order valence-electron chi connectivity index (χ0n) is 17.8. The number of imidazole rings is 2. The number of hydrogen-bond acceptors (Lipinski definition) is 6. The summed E-state index contributed by atoms with van der Waals surface area (Å²) in [7, 11) is 2.00. The molecule has 0 aliphatic carbocycles. The summed E-state index contributed by atoms with van der Waals surface area (Å²) in [6.45, 7) is 3.41. The number of aromatic nitrogens is 5. The van der Waals surface area contributed by atoms with Crippen LogP contribution in [0, 0.1) is 0 Å². The molecule has 160 valence electrons. The highest BCUT2D eigenvalue weighted by atomic mass is 16.5. The predicted molar refractivity (Wildman–Crippen MR) is 125 cm³/mol. The molecule has 0 unspecified atom stereocenters. The zero-order chi connectivity index (χ0) is 21.5. The van der Waals surface area contributed by atoms with Gasteiger partial charge in [-0.1, -0.05) is 6.07 Å². The van der Waals surface area contributed by atoms with Crippen LogP contribution in [0.4, 0.5) is 17.2 Å². The Kier molecular flexibility index (Phi) is 4.50. The minimum absolute atomic E-state index is 0.722. The highest BCUT2D eigenvalue weighted by Crippen LogP contribution is 2.27. The van der Waals surface area contributed by atoms with Crippen LogP contribution in [0.25, 0.3) is 27.9 Å². The molecule has 0 bridgehead atoms. The van der Waals surface area contributed by atoms with Crippen LogP contribution in [0.2, 0.25) is 0 Å². The number of benzene rings is 2. The largest absolute Gasteiger partial charge is 0.378 e. The molecule has 5 aromatic rings. The lowest BCUT2D eigenvalue weighted by molar-refractivity contribution is 0.122. The molecular weight excluding hydrogens is 402 g/mol. The zero-order valence-corrected chi connectivity index (χ0v) is 17.8. The third kappa shape index (κ3) is 3.34. The van der Waals surface area contributed by atoms with E-state index in [4.69, 9.17) is 9.72 Å². The first kappa shape index (κ1) is 18.8. The number of morpholine rings is 1. The lowest BCUT2D eigenvalue weighted by Gasteiger charge is -2.28. The first-order chi connectivity index (χ1) is 15.7. The molecule has 1 saturated heterocycles. The van der Waals surface area contributed by atoms with Gasteiger partial charge in [0.25, 0.3) is 0 Å². The van der Waals surface area contributed by atoms with Crippen molar-refractivity contribution in [2.45, 2.75) is 0 Å². The Hall–Kier alpha value is -3.91. The molecule has 0 saturated carbocycles. The molecule has 8 nitrogen and oxygen atoms in total. The Morgan fingerprint density at radius 1 is 1.00 bits per heavy atom. The van der Waals surface area contributed by atoms with Gasteiger partial charge in [-0.2, -0.15) is 0 Å². The maximum atomic E-state index is 5.45. The molecule has 1 aliphatic rings. The average molecular weight is 425 g/mol. The van der Waals surface area contributed by atoms with E-state index in [1.165, 1.54) is 5.69 Å². The molecular formula is C24H23N7O. The van der Waals surface area contributed by atoms with Crippen LogP contribution in [0.5, 0.6) is 0 Å². The van der Waals surface area contributed by atoms with Crippen molar-refractivity contribution < 1.29 is 4.74 Å². The van der Waals surface area contributed by atoms with Gasteiger partial charge in [0, 0.05) is 55.7 Å². The first-order valence-electron chi connectivity index (χ1n) is 10.7. The number of hydrogen-bond donors (Lipinski definition) is 1. The van der Waals surface area contributed by atoms with Crippen molar-refractivity contribution in [3.8, 4) is 11.3 Å². The number of rotatable bonds is 4. The van der Waals surface area contributed by atoms with Gasteiger partial charge < -0.3 is 23.9 Å². The van der Waals surface area contributed by atoms with Gasteiger partial charge in [-0.25, -0.2) is 15.0 Å². The SMILES string of the molecule is Cn1cnc2ccc(-c3cn4ccnc(Nc5ccc(N6CCOCC6)cc5)c4n3)cc21. The van der Waals surface area contributed by atoms with E-state index in [0.717, 1.165) is 65.7 Å². The fourth-order valence-corrected chi connectivity index (χ4v) is 4.15. The Morgan fingerprint density at radius 2 is 1.84 bits per heavy atom. The molecule has 0 spiro atoms. The summed E-state index contributed by atoms with van der Waals surface area (Å²) in [5, 5.41) is 3.42. The standard InChI is InChI=1S/C24H23N7O/c1-29-16-26-20-7-2-17(14-22(20)29)21-15-31-9-8-25-23(24(31)28-21)27-18-3-5-19(6-4-18)30-10-12-32-13-11-30/h2-9,14-16H,10-13H2,1H3,(H,25,27). The molecule has 32 heavy (non-hydrogen) atoms. The molecule has 1 aliphatic heterocycles. The van der Waals surface area contributed by atoms with E-state index >= 15 is 0 Å². The van der Waals surface area contributed by atoms with Gasteiger partial charge in [0.15, 0.2) is 11.5 Å². The van der Waals surface area contributed by atoms with Crippen LogP contribution in [0.3, 0.4) is 0 Å². The van der Waals surface area contributed by atoms with E-state index in [9.17, 15) is 0 Å². The van der Waals surface area contributed by atoms with Crippen LogP contribution >= 0.6 is 0 Å². The summed E-state index contributed by atoms with van der Waals surface area (Å²) in [5.74, 6) is 0.722. The summed E-state index contributed by atoms with van der Waals surface area (Å²) >= 11 is 0. The van der Waals surface area contributed by atoms with E-state index in [2.05, 4.69) is 56.6 Å². The molecule has 4 heterocycles. The topological polar surface area (TPSA) is 72.5 Å². The smallest absolute Gasteiger partial charge is 0.181 e. The lowest BCUT2D eigenvalue weighted by atomic mass is 10.1. The molecule has 1 N–H and O–H groups in total. The van der Waals surface area contributed by atoms with Crippen molar-refractivity contribution in [1.82, 2.24) is 23.9 Å². The molecule has 1 fully saturated rings. The Morgan fingerprint density at radius 3 is 2.69 bits per heavy atom. The molecule has 2 aromatic carbocycles. The van der Waals surface area contributed by atoms with E-state index < -0.39 is 0 Å². The van der Waals surface area contributed by atoms with E-state index in [0.29, 0.717) is 0 Å². The number of fused-ring (bicyclic) bond motifs is 2. The van der Waals surface area contributed by atoms with Gasteiger partial charge in [0.05, 0.1) is 36.3 Å². The summed E-state index contributed by atoms with van der Waals surface area (Å²) in [4.78, 5) is 16.2. The number of ether oxygens (including phenoxy) is 1. The highest BCUT2D eigenvalue weighted by molar-refractivity contribution is 5.82. The second kappa shape index (κ2) is 7.65. The van der Waals surface area contributed by atoms with Gasteiger partial charge in [0.2, 0.25) is 0 Å². The van der Waals surface area contributed by atoms with Crippen molar-refractivity contribution in [2.75, 3.05) is 36.5 Å². The molecule has 0 amide bonds. The fourth-order valence-electron chi connectivity index (χ4n) is 4.15. The first-order valence-corrected chi connectivity index (χ1v) is 10.7. The van der Waals surface area contributed by atoms with Crippen LogP contribution < -0.4 is 10.2 Å². The fraction of sp³-hybridized carbons (Fsp3) is 0.208. The van der Waals surface area contributed by atoms with Gasteiger partial charge in [-0.3, -0.25) is 0 Å². The Labute approximate surface area is 185 Å². The Balaban J connectivity index is 1.30. The van der Waals surface area contributed by atoms with Gasteiger partial charge >= 0.3 is 0 Å². The average Bonchev–Trinajstić information content (AvgIpc) is 3.44. The van der Waals surface area contributed by atoms with E-state index in [-0.39, 0.29) is 0 Å². The number of anilines is 3. The van der Waals surface area contributed by atoms with Crippen molar-refractivity contribution in [3.63, 3.8) is 0 Å². The maximum absolute atomic E-state index is 5.45. The second-order valence-corrected chi connectivity index (χ2v) is 7.96. The molecule has 3 aromatic heterocycles. The number of nitrogens with zero attached hydrogens (tertiary/aromatic N) is 6. The van der Waals surface area contributed by atoms with Crippen LogP contribution in [0.15, 0.2) is 67.4 Å². The van der Waals surface area contributed by atoms with E-state index in [1.807, 2.05) is 40.8 Å². The number of aryl methyl sites for hydroxylation is 1. The summed E-state index contributed by atoms with van der Waals surface area (Å²) in [6.07, 6.45) is 7.56. The van der Waals surface area contributed by atoms with Crippen molar-refractivity contribution in [2.24, 2.45) is 7.05 Å². The summed E-state index contributed by atoms with van der Waals surface area (Å²) < 4.78 is 9.46. The molecule has 6 rings (SSSR count). The monoisotopic (exact) mass is 425 g/mol. The third-order valence-electron chi connectivity index (χ3n) is 5.90. The maximum Gasteiger partial charge on any atom is 0.181 e. The molecule has 0 atom stereocenters. The van der Waals surface area contributed by atoms with E-state index in [1.54, 1.807) is 6.20 Å². The van der Waals surface area contributed by atoms with Crippen molar-refractivity contribution in [1.29, 1.82) is 0 Å². The van der Waals surface area contributed by atoms with Crippen LogP contribution in [0.1, 0.15) is 0 Å². The minimum atomic E-state index is 0.722. The quantitative estimate of drug-likeness (QED) is 0.471. The van der Waals surface area contributed by atoms with Crippen molar-refractivity contribution in [3.05, 3.63) is 67.4 Å². The highest BCUT2D eigenvalue weighted by Gasteiger charge is 2.13. The van der Waals surface area contributed by atoms with Gasteiger partial charge in [-0.15, -0.1) is 0 Å². The van der Waals surface area contributed by atoms with Crippen molar-refractivity contribution >= 4 is 33.9 Å². The molecule has 0 radical (unpaired) electrons. The van der Waals surface area contributed by atoms with Gasteiger partial charge in [0.1, 0.15) is 0 Å². The normalized spacial score (nSPS) is 14.3. The third-order valence-corrected chi connectivity index (χ3v) is 5.90. The van der Waals surface area contributed by atoms with Crippen LogP contribution in [-0.4, -0.2) is 50.2 Å². The molecule has 8 heteroatoms. The summed E-state index contributed by atoms with van der Waals surface area (Å²) in [6, 6.07) is 14.6. The van der Waals surface area contributed by atoms with Gasteiger partial charge in [-0.05, 0) is 36.4 Å². The Bertz CT molecular complexity index is 1400. The van der Waals surface area contributed by atoms with Crippen LogP contribution in [-0.2, 0) is 11.8 Å². The predicted octanol–water partition coefficient (Wildman–Crippen LogP) is 3.86. The minimum Gasteiger partial charge on any atom is -0.378 e. The number of nitrogens with one attached hydrogen (secondary N) is 1. The summed E-state index contributed by atoms with van der Waals surface area (Å²) in [5.41, 5.74) is 6.96. The second-order valence-electron chi connectivity index (χ2n) is 7.96. The lowest BCUT2D eigenvalue weighted by Crippen LogP contribution is -2.36.